The summed E-state index contributed by atoms with van der Waals surface area (Å²) in [4.78, 5) is 14.5. The molecule has 122 valence electrons. The monoisotopic (exact) mass is 311 g/mol. The third-order valence-electron chi connectivity index (χ3n) is 4.20. The summed E-state index contributed by atoms with van der Waals surface area (Å²) in [5.41, 5.74) is 3.05. The molecule has 2 rings (SSSR count). The van der Waals surface area contributed by atoms with Crippen molar-refractivity contribution >= 4 is 11.6 Å². The number of rotatable bonds is 3. The largest absolute Gasteiger partial charge is 0.376 e. The van der Waals surface area contributed by atoms with Crippen molar-refractivity contribution in [3.63, 3.8) is 0 Å². The Morgan fingerprint density at radius 2 is 1.96 bits per heavy atom. The molecule has 4 nitrogen and oxygen atoms in total. The Kier molecular flexibility index (Phi) is 5.44. The molecule has 2 unspecified atom stereocenters. The average Bonchev–Trinajstić information content (AvgIpc) is 2.46. The number of hydrogen-bond acceptors (Lipinski definition) is 3. The fraction of sp³-hybridized carbons (Fsp3) is 0.474. The van der Waals surface area contributed by atoms with Crippen LogP contribution in [0.4, 0.5) is 5.69 Å². The highest BCUT2D eigenvalue weighted by Crippen LogP contribution is 2.22. The summed E-state index contributed by atoms with van der Waals surface area (Å²) in [5, 5.41) is 12.2. The highest BCUT2D eigenvalue weighted by Gasteiger charge is 2.21. The number of likely N-dealkylation sites (tertiary alicyclic amines) is 1. The second-order valence-electron chi connectivity index (χ2n) is 6.83. The number of amides is 1. The van der Waals surface area contributed by atoms with Gasteiger partial charge in [-0.25, -0.2) is 0 Å². The van der Waals surface area contributed by atoms with Gasteiger partial charge in [-0.2, -0.15) is 5.26 Å². The van der Waals surface area contributed by atoms with E-state index in [-0.39, 0.29) is 11.5 Å². The molecule has 0 aromatic heterocycles. The Morgan fingerprint density at radius 3 is 2.52 bits per heavy atom. The highest BCUT2D eigenvalue weighted by molar-refractivity contribution is 6.06. The molecule has 1 amide bonds. The molecule has 1 aliphatic rings. The van der Waals surface area contributed by atoms with Gasteiger partial charge in [0.2, 0.25) is 0 Å². The molecule has 2 atom stereocenters. The number of nitrogens with one attached hydrogen (secondary N) is 1. The van der Waals surface area contributed by atoms with E-state index >= 15 is 0 Å². The number of piperidine rings is 1. The second-order valence-corrected chi connectivity index (χ2v) is 6.83. The maximum absolute atomic E-state index is 12.4. The summed E-state index contributed by atoms with van der Waals surface area (Å²) >= 11 is 0. The van der Waals surface area contributed by atoms with Crippen molar-refractivity contribution in [1.29, 1.82) is 5.26 Å². The Bertz CT molecular complexity index is 647. The van der Waals surface area contributed by atoms with Gasteiger partial charge in [0.1, 0.15) is 11.6 Å². The Balaban J connectivity index is 2.12. The average molecular weight is 311 g/mol. The van der Waals surface area contributed by atoms with Crippen LogP contribution in [0.2, 0.25) is 0 Å². The molecule has 4 heteroatoms. The minimum absolute atomic E-state index is 0.159. The zero-order chi connectivity index (χ0) is 17.0. The lowest BCUT2D eigenvalue weighted by Gasteiger charge is -2.34. The topological polar surface area (TPSA) is 56.1 Å². The Labute approximate surface area is 138 Å². The van der Waals surface area contributed by atoms with Gasteiger partial charge >= 0.3 is 0 Å². The van der Waals surface area contributed by atoms with Gasteiger partial charge in [-0.15, -0.1) is 0 Å². The van der Waals surface area contributed by atoms with Crippen LogP contribution in [-0.2, 0) is 4.79 Å². The summed E-state index contributed by atoms with van der Waals surface area (Å²) in [7, 11) is 0. The third-order valence-corrected chi connectivity index (χ3v) is 4.20. The minimum Gasteiger partial charge on any atom is -0.376 e. The van der Waals surface area contributed by atoms with Crippen LogP contribution in [-0.4, -0.2) is 23.9 Å². The molecule has 0 bridgehead atoms. The smallest absolute Gasteiger partial charge is 0.267 e. The maximum Gasteiger partial charge on any atom is 0.267 e. The molecule has 1 aromatic carbocycles. The summed E-state index contributed by atoms with van der Waals surface area (Å²) in [5.74, 6) is 0.819. The molecule has 0 saturated carbocycles. The molecule has 1 N–H and O–H groups in total. The fourth-order valence-electron chi connectivity index (χ4n) is 3.28. The summed E-state index contributed by atoms with van der Waals surface area (Å²) in [6.45, 7) is 10.2. The van der Waals surface area contributed by atoms with Crippen molar-refractivity contribution in [2.24, 2.45) is 11.8 Å². The van der Waals surface area contributed by atoms with Gasteiger partial charge in [0, 0.05) is 25.0 Å². The lowest BCUT2D eigenvalue weighted by Crippen LogP contribution is -2.35. The molecular formula is C19H25N3O. The Morgan fingerprint density at radius 1 is 1.30 bits per heavy atom. The van der Waals surface area contributed by atoms with Gasteiger partial charge in [-0.1, -0.05) is 31.5 Å². The van der Waals surface area contributed by atoms with Gasteiger partial charge in [0.15, 0.2) is 0 Å². The number of aryl methyl sites for hydroxylation is 2. The van der Waals surface area contributed by atoms with E-state index in [0.717, 1.165) is 29.9 Å². The molecule has 1 heterocycles. The van der Waals surface area contributed by atoms with E-state index < -0.39 is 0 Å². The third kappa shape index (κ3) is 4.59. The van der Waals surface area contributed by atoms with E-state index in [1.165, 1.54) is 6.42 Å². The van der Waals surface area contributed by atoms with Crippen molar-refractivity contribution in [2.45, 2.75) is 34.1 Å². The van der Waals surface area contributed by atoms with Crippen LogP contribution in [0.15, 0.2) is 30.0 Å². The molecule has 0 radical (unpaired) electrons. The van der Waals surface area contributed by atoms with Gasteiger partial charge in [0.05, 0.1) is 0 Å². The van der Waals surface area contributed by atoms with Crippen LogP contribution in [0.1, 0.15) is 31.4 Å². The summed E-state index contributed by atoms with van der Waals surface area (Å²) in [6, 6.07) is 7.88. The van der Waals surface area contributed by atoms with E-state index in [9.17, 15) is 10.1 Å². The predicted molar refractivity (Wildman–Crippen MR) is 92.8 cm³/mol. The van der Waals surface area contributed by atoms with Crippen molar-refractivity contribution in [1.82, 2.24) is 4.90 Å². The normalized spacial score (nSPS) is 21.7. The molecule has 1 aliphatic heterocycles. The maximum atomic E-state index is 12.4. The van der Waals surface area contributed by atoms with Crippen LogP contribution in [0, 0.1) is 37.0 Å². The molecule has 0 spiro atoms. The molecule has 1 aromatic rings. The van der Waals surface area contributed by atoms with Gasteiger partial charge in [0.25, 0.3) is 5.91 Å². The second kappa shape index (κ2) is 7.32. The first-order chi connectivity index (χ1) is 10.9. The number of anilines is 1. The lowest BCUT2D eigenvalue weighted by molar-refractivity contribution is -0.112. The lowest BCUT2D eigenvalue weighted by atomic mass is 9.92. The zero-order valence-corrected chi connectivity index (χ0v) is 14.4. The first-order valence-corrected chi connectivity index (χ1v) is 8.13. The van der Waals surface area contributed by atoms with Gasteiger partial charge in [-0.3, -0.25) is 4.79 Å². The predicted octanol–water partition coefficient (Wildman–Crippen LogP) is 3.63. The molecular weight excluding hydrogens is 286 g/mol. The van der Waals surface area contributed by atoms with Crippen molar-refractivity contribution < 1.29 is 4.79 Å². The molecule has 0 aliphatic carbocycles. The van der Waals surface area contributed by atoms with Crippen LogP contribution in [0.5, 0.6) is 0 Å². The quantitative estimate of drug-likeness (QED) is 0.685. The number of carbonyl (C=O) groups excluding carboxylic acids is 1. The SMILES string of the molecule is Cc1ccc(NC(=O)/C(C#N)=C\N2CC(C)CC(C)C2)c(C)c1. The number of benzene rings is 1. The first kappa shape index (κ1) is 17.1. The minimum atomic E-state index is -0.342. The van der Waals surface area contributed by atoms with Crippen LogP contribution in [0.25, 0.3) is 0 Å². The van der Waals surface area contributed by atoms with E-state index in [0.29, 0.717) is 11.8 Å². The van der Waals surface area contributed by atoms with Gasteiger partial charge in [-0.05, 0) is 43.7 Å². The van der Waals surface area contributed by atoms with Crippen molar-refractivity contribution in [3.8, 4) is 6.07 Å². The Hall–Kier alpha value is -2.28. The summed E-state index contributed by atoms with van der Waals surface area (Å²) in [6.07, 6.45) is 2.91. The standard InChI is InChI=1S/C19H25N3O/c1-13-5-6-18(16(4)8-13)21-19(23)17(9-20)12-22-10-14(2)7-15(3)11-22/h5-6,8,12,14-15H,7,10-11H2,1-4H3,(H,21,23)/b17-12-. The van der Waals surface area contributed by atoms with Gasteiger partial charge < -0.3 is 10.2 Å². The number of carbonyl (C=O) groups is 1. The van der Waals surface area contributed by atoms with Crippen molar-refractivity contribution in [3.05, 3.63) is 41.1 Å². The first-order valence-electron chi connectivity index (χ1n) is 8.13. The number of hydrogen-bond donors (Lipinski definition) is 1. The van der Waals surface area contributed by atoms with Crippen LogP contribution < -0.4 is 5.32 Å². The van der Waals surface area contributed by atoms with E-state index in [4.69, 9.17) is 0 Å². The molecule has 23 heavy (non-hydrogen) atoms. The number of nitrogens with zero attached hydrogens (tertiary/aromatic N) is 2. The van der Waals surface area contributed by atoms with Crippen LogP contribution in [0.3, 0.4) is 0 Å². The number of nitriles is 1. The zero-order valence-electron chi connectivity index (χ0n) is 14.4. The van der Waals surface area contributed by atoms with Crippen molar-refractivity contribution in [2.75, 3.05) is 18.4 Å². The van der Waals surface area contributed by atoms with E-state index in [1.54, 1.807) is 6.20 Å². The highest BCUT2D eigenvalue weighted by atomic mass is 16.1. The molecule has 1 saturated heterocycles. The van der Waals surface area contributed by atoms with E-state index in [1.807, 2.05) is 38.1 Å². The fourth-order valence-corrected chi connectivity index (χ4v) is 3.28. The molecule has 1 fully saturated rings. The van der Waals surface area contributed by atoms with E-state index in [2.05, 4.69) is 24.1 Å². The van der Waals surface area contributed by atoms with Crippen LogP contribution >= 0.6 is 0 Å². The summed E-state index contributed by atoms with van der Waals surface area (Å²) < 4.78 is 0.